The molecule has 110 valence electrons. The maximum Gasteiger partial charge on any atom is 0.134 e. The molecule has 2 atom stereocenters. The molecule has 2 aromatic carbocycles. The molecule has 2 aromatic rings. The largest absolute Gasteiger partial charge is 0.506 e. The number of hydrogen-bond donors (Lipinski definition) is 2. The van der Waals surface area contributed by atoms with Crippen LogP contribution in [0.25, 0.3) is 0 Å². The summed E-state index contributed by atoms with van der Waals surface area (Å²) in [6.07, 6.45) is 0.464. The van der Waals surface area contributed by atoms with Gasteiger partial charge in [0.2, 0.25) is 0 Å². The van der Waals surface area contributed by atoms with Crippen molar-refractivity contribution in [3.63, 3.8) is 0 Å². The van der Waals surface area contributed by atoms with Crippen molar-refractivity contribution in [2.45, 2.75) is 18.6 Å². The predicted octanol–water partition coefficient (Wildman–Crippen LogP) is 3.97. The minimum absolute atomic E-state index is 0.0350. The third-order valence-corrected chi connectivity index (χ3v) is 4.06. The second-order valence-corrected chi connectivity index (χ2v) is 5.48. The quantitative estimate of drug-likeness (QED) is 0.882. The Hall–Kier alpha value is -1.78. The molecule has 3 nitrogen and oxygen atoms in total. The molecule has 0 bridgehead atoms. The number of benzene rings is 2. The summed E-state index contributed by atoms with van der Waals surface area (Å²) in [4.78, 5) is 0. The van der Waals surface area contributed by atoms with Crippen LogP contribution in [0.5, 0.6) is 11.5 Å². The Morgan fingerprint density at radius 2 is 2.10 bits per heavy atom. The summed E-state index contributed by atoms with van der Waals surface area (Å²) < 4.78 is 19.3. The Kier molecular flexibility index (Phi) is 3.74. The van der Waals surface area contributed by atoms with Gasteiger partial charge in [-0.25, -0.2) is 4.39 Å². The minimum Gasteiger partial charge on any atom is -0.506 e. The van der Waals surface area contributed by atoms with Gasteiger partial charge in [0.1, 0.15) is 23.4 Å². The average molecular weight is 308 g/mol. The minimum atomic E-state index is -0.326. The standard InChI is InChI=1S/C16H15ClFNO2/c1-19-13-8-15(9-2-5-14(20)12(17)6-9)21-16-7-10(18)3-4-11(13)16/h2-7,13,15,19-20H,8H2,1H3. The summed E-state index contributed by atoms with van der Waals surface area (Å²) in [5.74, 6) is 0.246. The maximum atomic E-state index is 13.4. The molecule has 2 N–H and O–H groups in total. The van der Waals surface area contributed by atoms with Gasteiger partial charge in [-0.3, -0.25) is 0 Å². The Labute approximate surface area is 127 Å². The van der Waals surface area contributed by atoms with Crippen LogP contribution in [0, 0.1) is 5.82 Å². The van der Waals surface area contributed by atoms with Crippen LogP contribution < -0.4 is 10.1 Å². The van der Waals surface area contributed by atoms with Crippen LogP contribution in [-0.2, 0) is 0 Å². The first-order valence-corrected chi connectivity index (χ1v) is 7.08. The van der Waals surface area contributed by atoms with Crippen LogP contribution in [0.4, 0.5) is 4.39 Å². The Bertz CT molecular complexity index is 677. The van der Waals surface area contributed by atoms with Crippen LogP contribution in [0.15, 0.2) is 36.4 Å². The van der Waals surface area contributed by atoms with Crippen molar-refractivity contribution in [1.29, 1.82) is 0 Å². The zero-order valence-corrected chi connectivity index (χ0v) is 12.2. The topological polar surface area (TPSA) is 41.5 Å². The van der Waals surface area contributed by atoms with Crippen molar-refractivity contribution < 1.29 is 14.2 Å². The predicted molar refractivity (Wildman–Crippen MR) is 79.3 cm³/mol. The molecule has 1 aliphatic rings. The zero-order valence-electron chi connectivity index (χ0n) is 11.4. The highest BCUT2D eigenvalue weighted by molar-refractivity contribution is 6.32. The first-order valence-electron chi connectivity index (χ1n) is 6.70. The Morgan fingerprint density at radius 1 is 1.29 bits per heavy atom. The summed E-state index contributed by atoms with van der Waals surface area (Å²) in [6, 6.07) is 9.63. The highest BCUT2D eigenvalue weighted by Gasteiger charge is 2.29. The highest BCUT2D eigenvalue weighted by Crippen LogP contribution is 2.41. The lowest BCUT2D eigenvalue weighted by Gasteiger charge is -2.32. The summed E-state index contributed by atoms with van der Waals surface area (Å²) in [6.45, 7) is 0. The number of rotatable bonds is 2. The molecular formula is C16H15ClFNO2. The van der Waals surface area contributed by atoms with Gasteiger partial charge in [0.15, 0.2) is 0 Å². The van der Waals surface area contributed by atoms with E-state index < -0.39 is 0 Å². The number of fused-ring (bicyclic) bond motifs is 1. The van der Waals surface area contributed by atoms with Gasteiger partial charge in [-0.15, -0.1) is 0 Å². The number of halogens is 2. The second kappa shape index (κ2) is 5.54. The van der Waals surface area contributed by atoms with Gasteiger partial charge in [0.25, 0.3) is 0 Å². The Balaban J connectivity index is 1.97. The monoisotopic (exact) mass is 307 g/mol. The molecule has 0 radical (unpaired) electrons. The molecule has 0 amide bonds. The van der Waals surface area contributed by atoms with E-state index in [1.54, 1.807) is 18.2 Å². The summed E-state index contributed by atoms with van der Waals surface area (Å²) in [7, 11) is 1.87. The van der Waals surface area contributed by atoms with Crippen molar-refractivity contribution in [3.8, 4) is 11.5 Å². The molecule has 0 fully saturated rings. The van der Waals surface area contributed by atoms with Crippen molar-refractivity contribution in [1.82, 2.24) is 5.32 Å². The van der Waals surface area contributed by atoms with Crippen molar-refractivity contribution in [3.05, 3.63) is 58.4 Å². The lowest BCUT2D eigenvalue weighted by molar-refractivity contribution is 0.153. The fourth-order valence-electron chi connectivity index (χ4n) is 2.64. The number of phenols is 1. The van der Waals surface area contributed by atoms with Crippen LogP contribution >= 0.6 is 11.6 Å². The van der Waals surface area contributed by atoms with E-state index in [4.69, 9.17) is 16.3 Å². The van der Waals surface area contributed by atoms with E-state index in [0.717, 1.165) is 11.1 Å². The third kappa shape index (κ3) is 2.69. The zero-order chi connectivity index (χ0) is 15.0. The first-order chi connectivity index (χ1) is 10.1. The molecule has 0 saturated carbocycles. The molecule has 5 heteroatoms. The molecule has 0 saturated heterocycles. The van der Waals surface area contributed by atoms with E-state index in [-0.39, 0.29) is 28.7 Å². The van der Waals surface area contributed by atoms with E-state index in [1.165, 1.54) is 18.2 Å². The van der Waals surface area contributed by atoms with Gasteiger partial charge in [0.05, 0.1) is 5.02 Å². The van der Waals surface area contributed by atoms with E-state index in [2.05, 4.69) is 5.32 Å². The maximum absolute atomic E-state index is 13.4. The molecule has 1 aliphatic heterocycles. The van der Waals surface area contributed by atoms with Crippen LogP contribution in [0.3, 0.4) is 0 Å². The highest BCUT2D eigenvalue weighted by atomic mass is 35.5. The normalized spacial score (nSPS) is 20.7. The van der Waals surface area contributed by atoms with Crippen LogP contribution in [0.2, 0.25) is 5.02 Å². The number of aromatic hydroxyl groups is 1. The summed E-state index contributed by atoms with van der Waals surface area (Å²) in [5.41, 5.74) is 1.80. The third-order valence-electron chi connectivity index (χ3n) is 3.76. The van der Waals surface area contributed by atoms with Crippen molar-refractivity contribution in [2.75, 3.05) is 7.05 Å². The molecule has 0 aliphatic carbocycles. The average Bonchev–Trinajstić information content (AvgIpc) is 2.48. The molecule has 3 rings (SSSR count). The Morgan fingerprint density at radius 3 is 2.81 bits per heavy atom. The molecule has 0 spiro atoms. The van der Waals surface area contributed by atoms with Crippen molar-refractivity contribution >= 4 is 11.6 Å². The molecule has 2 unspecified atom stereocenters. The second-order valence-electron chi connectivity index (χ2n) is 5.08. The number of hydrogen-bond acceptors (Lipinski definition) is 3. The van der Waals surface area contributed by atoms with Gasteiger partial charge in [0, 0.05) is 24.1 Å². The van der Waals surface area contributed by atoms with E-state index in [1.807, 2.05) is 7.05 Å². The van der Waals surface area contributed by atoms with Gasteiger partial charge in [-0.2, -0.15) is 0 Å². The van der Waals surface area contributed by atoms with E-state index in [9.17, 15) is 9.50 Å². The summed E-state index contributed by atoms with van der Waals surface area (Å²) >= 11 is 5.95. The summed E-state index contributed by atoms with van der Waals surface area (Å²) in [5, 5.41) is 13.0. The lowest BCUT2D eigenvalue weighted by atomic mass is 9.93. The molecular weight excluding hydrogens is 293 g/mol. The van der Waals surface area contributed by atoms with E-state index >= 15 is 0 Å². The SMILES string of the molecule is CNC1CC(c2ccc(O)c(Cl)c2)Oc2cc(F)ccc21. The number of phenolic OH excluding ortho intramolecular Hbond substituents is 1. The van der Waals surface area contributed by atoms with Gasteiger partial charge >= 0.3 is 0 Å². The van der Waals surface area contributed by atoms with Gasteiger partial charge < -0.3 is 15.2 Å². The van der Waals surface area contributed by atoms with Crippen LogP contribution in [0.1, 0.15) is 29.7 Å². The fourth-order valence-corrected chi connectivity index (χ4v) is 2.83. The van der Waals surface area contributed by atoms with Crippen LogP contribution in [-0.4, -0.2) is 12.2 Å². The van der Waals surface area contributed by atoms with E-state index in [0.29, 0.717) is 12.2 Å². The van der Waals surface area contributed by atoms with Gasteiger partial charge in [-0.1, -0.05) is 23.7 Å². The smallest absolute Gasteiger partial charge is 0.134 e. The number of ether oxygens (including phenoxy) is 1. The molecule has 1 heterocycles. The lowest BCUT2D eigenvalue weighted by Crippen LogP contribution is -2.26. The van der Waals surface area contributed by atoms with Crippen molar-refractivity contribution in [2.24, 2.45) is 0 Å². The van der Waals surface area contributed by atoms with Gasteiger partial charge in [-0.05, 0) is 30.8 Å². The number of nitrogens with one attached hydrogen (secondary N) is 1. The molecule has 21 heavy (non-hydrogen) atoms. The first kappa shape index (κ1) is 14.2. The molecule has 0 aromatic heterocycles. The fraction of sp³-hybridized carbons (Fsp3) is 0.250.